The van der Waals surface area contributed by atoms with E-state index < -0.39 is 5.97 Å². The highest BCUT2D eigenvalue weighted by molar-refractivity contribution is 5.76. The molecule has 3 aliphatic carbocycles. The number of carbonyl (C=O) groups is 2. The van der Waals surface area contributed by atoms with Crippen molar-refractivity contribution in [3.05, 3.63) is 0 Å². The molecule has 2 N–H and O–H groups in total. The third kappa shape index (κ3) is 2.81. The van der Waals surface area contributed by atoms with Crippen molar-refractivity contribution in [3.63, 3.8) is 0 Å². The molecule has 7 heteroatoms. The maximum atomic E-state index is 12.8. The van der Waals surface area contributed by atoms with Gasteiger partial charge in [-0.15, -0.1) is 0 Å². The summed E-state index contributed by atoms with van der Waals surface area (Å²) >= 11 is 0. The molecule has 0 aromatic heterocycles. The van der Waals surface area contributed by atoms with Crippen molar-refractivity contribution in [1.82, 2.24) is 15.1 Å². The van der Waals surface area contributed by atoms with Crippen LogP contribution in [0.5, 0.6) is 0 Å². The molecule has 1 aliphatic heterocycles. The van der Waals surface area contributed by atoms with Gasteiger partial charge < -0.3 is 20.1 Å². The molecule has 0 aromatic rings. The van der Waals surface area contributed by atoms with Gasteiger partial charge in [0.15, 0.2) is 0 Å². The molecule has 140 valence electrons. The van der Waals surface area contributed by atoms with Gasteiger partial charge >= 0.3 is 12.0 Å². The van der Waals surface area contributed by atoms with E-state index in [4.69, 9.17) is 9.84 Å². The van der Waals surface area contributed by atoms with Crippen LogP contribution in [0.2, 0.25) is 0 Å². The second-order valence-electron chi connectivity index (χ2n) is 8.23. The second-order valence-corrected chi connectivity index (χ2v) is 8.23. The maximum absolute atomic E-state index is 12.8. The summed E-state index contributed by atoms with van der Waals surface area (Å²) in [6, 6.07) is 0.733. The first-order valence-electron chi connectivity index (χ1n) is 9.57. The van der Waals surface area contributed by atoms with Crippen LogP contribution in [-0.2, 0) is 9.53 Å². The molecule has 7 nitrogen and oxygen atoms in total. The van der Waals surface area contributed by atoms with Gasteiger partial charge in [-0.05, 0) is 50.0 Å². The molecule has 4 fully saturated rings. The quantitative estimate of drug-likeness (QED) is 0.746. The lowest BCUT2D eigenvalue weighted by atomic mass is 9.85. The Labute approximate surface area is 148 Å². The van der Waals surface area contributed by atoms with E-state index >= 15 is 0 Å². The lowest BCUT2D eigenvalue weighted by molar-refractivity contribution is -0.139. The number of ether oxygens (including phenoxy) is 1. The van der Waals surface area contributed by atoms with Gasteiger partial charge in [-0.3, -0.25) is 9.69 Å². The molecule has 2 bridgehead atoms. The Morgan fingerprint density at radius 1 is 1.24 bits per heavy atom. The van der Waals surface area contributed by atoms with Gasteiger partial charge in [0, 0.05) is 25.7 Å². The van der Waals surface area contributed by atoms with Crippen LogP contribution >= 0.6 is 0 Å². The van der Waals surface area contributed by atoms with Crippen molar-refractivity contribution in [2.45, 2.75) is 56.8 Å². The molecule has 2 amide bonds. The molecule has 1 saturated heterocycles. The molecule has 5 unspecified atom stereocenters. The molecular formula is C18H29N3O4. The number of carboxylic acid groups (broad SMARTS) is 1. The fourth-order valence-corrected chi connectivity index (χ4v) is 5.89. The van der Waals surface area contributed by atoms with Gasteiger partial charge in [0.05, 0.1) is 18.7 Å². The van der Waals surface area contributed by atoms with Crippen LogP contribution in [0.25, 0.3) is 0 Å². The number of likely N-dealkylation sites (N-methyl/N-ethyl adjacent to an activating group) is 1. The Kier molecular flexibility index (Phi) is 4.40. The normalized spacial score (nSPS) is 41.2. The van der Waals surface area contributed by atoms with Crippen molar-refractivity contribution in [1.29, 1.82) is 0 Å². The number of hydrogen-bond donors (Lipinski definition) is 2. The highest BCUT2D eigenvalue weighted by Gasteiger charge is 2.60. The number of fused-ring (bicyclic) bond motifs is 1. The minimum atomic E-state index is -0.789. The Bertz CT molecular complexity index is 548. The van der Waals surface area contributed by atoms with E-state index in [9.17, 15) is 9.59 Å². The Hall–Kier alpha value is -1.34. The third-order valence-corrected chi connectivity index (χ3v) is 7.05. The Morgan fingerprint density at radius 3 is 2.64 bits per heavy atom. The lowest BCUT2D eigenvalue weighted by Gasteiger charge is -2.43. The van der Waals surface area contributed by atoms with Crippen molar-refractivity contribution in [2.24, 2.45) is 17.8 Å². The van der Waals surface area contributed by atoms with Crippen molar-refractivity contribution < 1.29 is 19.4 Å². The van der Waals surface area contributed by atoms with Gasteiger partial charge in [0.2, 0.25) is 0 Å². The van der Waals surface area contributed by atoms with E-state index in [2.05, 4.69) is 5.32 Å². The minimum absolute atomic E-state index is 0.0480. The third-order valence-electron chi connectivity index (χ3n) is 7.05. The summed E-state index contributed by atoms with van der Waals surface area (Å²) in [7, 11) is 1.77. The number of urea groups is 1. The molecule has 4 rings (SSSR count). The van der Waals surface area contributed by atoms with Crippen molar-refractivity contribution in [3.8, 4) is 0 Å². The fourth-order valence-electron chi connectivity index (χ4n) is 5.89. The van der Waals surface area contributed by atoms with E-state index in [-0.39, 0.29) is 36.8 Å². The van der Waals surface area contributed by atoms with Crippen LogP contribution in [0, 0.1) is 17.8 Å². The van der Waals surface area contributed by atoms with Crippen molar-refractivity contribution in [2.75, 3.05) is 26.7 Å². The first-order chi connectivity index (χ1) is 12.0. The van der Waals surface area contributed by atoms with Crippen LogP contribution in [0.3, 0.4) is 0 Å². The minimum Gasteiger partial charge on any atom is -0.480 e. The summed E-state index contributed by atoms with van der Waals surface area (Å²) < 4.78 is 5.72. The molecule has 0 radical (unpaired) electrons. The molecule has 25 heavy (non-hydrogen) atoms. The number of aliphatic carboxylic acids is 1. The second kappa shape index (κ2) is 6.43. The number of methoxy groups -OCH3 is 1. The van der Waals surface area contributed by atoms with Crippen LogP contribution in [0.4, 0.5) is 4.79 Å². The number of amides is 2. The number of nitrogens with one attached hydrogen (secondary N) is 1. The van der Waals surface area contributed by atoms with Crippen LogP contribution in [-0.4, -0.2) is 77.9 Å². The van der Waals surface area contributed by atoms with Crippen LogP contribution in [0.1, 0.15) is 32.6 Å². The number of hydrogen-bond acceptors (Lipinski definition) is 4. The molecule has 0 aromatic carbocycles. The zero-order valence-corrected chi connectivity index (χ0v) is 15.1. The topological polar surface area (TPSA) is 82.1 Å². The van der Waals surface area contributed by atoms with E-state index in [1.807, 2.05) is 16.7 Å². The first kappa shape index (κ1) is 17.1. The average Bonchev–Trinajstić information content (AvgIpc) is 3.15. The highest BCUT2D eigenvalue weighted by atomic mass is 16.5. The molecular weight excluding hydrogens is 322 g/mol. The van der Waals surface area contributed by atoms with Crippen molar-refractivity contribution >= 4 is 12.0 Å². The summed E-state index contributed by atoms with van der Waals surface area (Å²) in [5.74, 6) is 1.13. The molecule has 0 spiro atoms. The number of rotatable bonds is 6. The molecule has 4 aliphatic rings. The largest absolute Gasteiger partial charge is 0.480 e. The first-order valence-corrected chi connectivity index (χ1v) is 9.57. The molecule has 3 saturated carbocycles. The number of carboxylic acids is 1. The predicted molar refractivity (Wildman–Crippen MR) is 91.2 cm³/mol. The highest BCUT2D eigenvalue weighted by Crippen LogP contribution is 2.55. The van der Waals surface area contributed by atoms with Gasteiger partial charge in [-0.2, -0.15) is 0 Å². The summed E-state index contributed by atoms with van der Waals surface area (Å²) in [6.45, 7) is 3.66. The number of carbonyl (C=O) groups excluding carboxylic acids is 1. The monoisotopic (exact) mass is 351 g/mol. The Morgan fingerprint density at radius 2 is 2.00 bits per heavy atom. The zero-order valence-electron chi connectivity index (χ0n) is 15.1. The predicted octanol–water partition coefficient (Wildman–Crippen LogP) is 0.989. The van der Waals surface area contributed by atoms with Gasteiger partial charge in [0.25, 0.3) is 0 Å². The van der Waals surface area contributed by atoms with Gasteiger partial charge in [-0.1, -0.05) is 6.92 Å². The van der Waals surface area contributed by atoms with Gasteiger partial charge in [0.1, 0.15) is 0 Å². The van der Waals surface area contributed by atoms with Crippen LogP contribution in [0.15, 0.2) is 0 Å². The van der Waals surface area contributed by atoms with E-state index in [1.54, 1.807) is 7.11 Å². The van der Waals surface area contributed by atoms with Crippen LogP contribution < -0.4 is 5.32 Å². The summed E-state index contributed by atoms with van der Waals surface area (Å²) in [5.41, 5.74) is 0. The van der Waals surface area contributed by atoms with E-state index in [0.717, 1.165) is 25.9 Å². The zero-order chi connectivity index (χ0) is 17.7. The smallest absolute Gasteiger partial charge is 0.317 e. The Balaban J connectivity index is 1.30. The number of likely N-dealkylation sites (tertiary alicyclic amines) is 1. The summed E-state index contributed by atoms with van der Waals surface area (Å²) in [6.07, 6.45) is 4.30. The SMILES string of the molecule is CCN(CC(=O)O)C1CC(NC(=O)N2CC3CC4CC3C2C4OC)C1. The van der Waals surface area contributed by atoms with E-state index in [0.29, 0.717) is 17.8 Å². The molecule has 5 atom stereocenters. The van der Waals surface area contributed by atoms with Gasteiger partial charge in [-0.25, -0.2) is 4.79 Å². The lowest BCUT2D eigenvalue weighted by Crippen LogP contribution is -2.58. The fraction of sp³-hybridized carbons (Fsp3) is 0.889. The average molecular weight is 351 g/mol. The number of nitrogens with zero attached hydrogens (tertiary/aromatic N) is 2. The summed E-state index contributed by atoms with van der Waals surface area (Å²) in [5, 5.41) is 12.1. The maximum Gasteiger partial charge on any atom is 0.317 e. The standard InChI is InChI=1S/C18H29N3O4/c1-3-20(9-15(22)23)13-6-12(7-13)19-18(24)21-8-11-4-10-5-14(11)16(21)17(10)25-2/h10-14,16-17H,3-9H2,1-2H3,(H,19,24)(H,22,23). The summed E-state index contributed by atoms with van der Waals surface area (Å²) in [4.78, 5) is 27.7. The van der Waals surface area contributed by atoms with E-state index in [1.165, 1.54) is 12.8 Å². The molecule has 1 heterocycles.